The molecule has 2 fully saturated rings. The molecule has 3 rings (SSSR count). The molecule has 1 heterocycles. The van der Waals surface area contributed by atoms with E-state index in [0.717, 1.165) is 55.6 Å². The van der Waals surface area contributed by atoms with Crippen molar-refractivity contribution in [1.82, 2.24) is 20.6 Å². The van der Waals surface area contributed by atoms with Gasteiger partial charge in [0.1, 0.15) is 17.5 Å². The Bertz CT molecular complexity index is 983. The molecule has 1 saturated carbocycles. The molecule has 40 heavy (non-hydrogen) atoms. The Kier molecular flexibility index (Phi) is 11.6. The first-order valence-corrected chi connectivity index (χ1v) is 14.5. The molecule has 0 bridgehead atoms. The van der Waals surface area contributed by atoms with Gasteiger partial charge in [0, 0.05) is 37.3 Å². The third-order valence-electron chi connectivity index (χ3n) is 8.27. The molecular weight excluding hydrogens is 512 g/mol. The van der Waals surface area contributed by atoms with E-state index >= 15 is 0 Å². The smallest absolute Gasteiger partial charge is 0.245 e. The van der Waals surface area contributed by atoms with Crippen molar-refractivity contribution in [2.45, 2.75) is 84.3 Å². The fourth-order valence-electron chi connectivity index (χ4n) is 5.83. The minimum absolute atomic E-state index is 0.0765. The van der Waals surface area contributed by atoms with Gasteiger partial charge in [-0.25, -0.2) is 5.06 Å². The van der Waals surface area contributed by atoms with Crippen LogP contribution >= 0.6 is 0 Å². The average molecular weight is 561 g/mol. The maximum Gasteiger partial charge on any atom is 0.245 e. The maximum atomic E-state index is 13.7. The molecule has 1 unspecified atom stereocenters. The number of piperidine rings is 1. The molecule has 2 aliphatic rings. The van der Waals surface area contributed by atoms with E-state index in [1.54, 1.807) is 14.2 Å². The van der Waals surface area contributed by atoms with Gasteiger partial charge in [-0.2, -0.15) is 0 Å². The molecule has 0 spiro atoms. The number of likely N-dealkylation sites (tertiary alicyclic amines) is 1. The summed E-state index contributed by atoms with van der Waals surface area (Å²) in [6, 6.07) is 5.33. The second-order valence-corrected chi connectivity index (χ2v) is 12.3. The highest BCUT2D eigenvalue weighted by Gasteiger charge is 2.38. The summed E-state index contributed by atoms with van der Waals surface area (Å²) < 4.78 is 10.8. The van der Waals surface area contributed by atoms with Crippen LogP contribution in [0.1, 0.15) is 71.3 Å². The molecule has 1 saturated heterocycles. The molecule has 10 nitrogen and oxygen atoms in total. The van der Waals surface area contributed by atoms with Gasteiger partial charge in [0.05, 0.1) is 26.7 Å². The number of ether oxygens (including phenoxy) is 2. The van der Waals surface area contributed by atoms with Gasteiger partial charge in [0.25, 0.3) is 0 Å². The lowest BCUT2D eigenvalue weighted by atomic mass is 9.84. The van der Waals surface area contributed by atoms with Crippen molar-refractivity contribution in [3.05, 3.63) is 23.8 Å². The number of rotatable bonds is 13. The Morgan fingerprint density at radius 2 is 1.80 bits per heavy atom. The normalized spacial score (nSPS) is 18.2. The van der Waals surface area contributed by atoms with E-state index < -0.39 is 17.4 Å². The lowest BCUT2D eigenvalue weighted by Gasteiger charge is -2.39. The summed E-state index contributed by atoms with van der Waals surface area (Å²) in [6.07, 6.45) is 6.89. The van der Waals surface area contributed by atoms with Crippen molar-refractivity contribution in [2.24, 2.45) is 17.3 Å². The van der Waals surface area contributed by atoms with Gasteiger partial charge in [0.2, 0.25) is 18.2 Å². The largest absolute Gasteiger partial charge is 0.497 e. The fraction of sp³-hybridized carbons (Fsp3) is 0.700. The fourth-order valence-corrected chi connectivity index (χ4v) is 5.83. The van der Waals surface area contributed by atoms with E-state index in [2.05, 4.69) is 10.6 Å². The molecule has 0 aromatic heterocycles. The van der Waals surface area contributed by atoms with E-state index in [9.17, 15) is 19.6 Å². The van der Waals surface area contributed by atoms with Crippen LogP contribution in [0.4, 0.5) is 0 Å². The molecule has 224 valence electrons. The van der Waals surface area contributed by atoms with Crippen LogP contribution in [-0.4, -0.2) is 79.3 Å². The van der Waals surface area contributed by atoms with E-state index in [4.69, 9.17) is 9.47 Å². The van der Waals surface area contributed by atoms with Crippen molar-refractivity contribution in [1.29, 1.82) is 0 Å². The molecule has 3 amide bonds. The van der Waals surface area contributed by atoms with Gasteiger partial charge in [-0.3, -0.25) is 19.6 Å². The second kappa shape index (κ2) is 14.7. The topological polar surface area (TPSA) is 120 Å². The molecule has 1 aliphatic heterocycles. The van der Waals surface area contributed by atoms with E-state index in [-0.39, 0.29) is 24.4 Å². The Balaban J connectivity index is 1.58. The van der Waals surface area contributed by atoms with Crippen molar-refractivity contribution < 1.29 is 29.1 Å². The summed E-state index contributed by atoms with van der Waals surface area (Å²) in [6.45, 7) is 7.61. The van der Waals surface area contributed by atoms with Crippen LogP contribution < -0.4 is 20.1 Å². The Labute approximate surface area is 238 Å². The van der Waals surface area contributed by atoms with Gasteiger partial charge in [-0.1, -0.05) is 52.5 Å². The first kappa shape index (κ1) is 31.7. The van der Waals surface area contributed by atoms with Crippen LogP contribution in [0.15, 0.2) is 18.2 Å². The number of amides is 3. The molecular formula is C30H48N4O6. The zero-order valence-electron chi connectivity index (χ0n) is 24.8. The van der Waals surface area contributed by atoms with Gasteiger partial charge in [-0.15, -0.1) is 0 Å². The van der Waals surface area contributed by atoms with Crippen molar-refractivity contribution in [2.75, 3.05) is 33.9 Å². The quantitative estimate of drug-likeness (QED) is 0.192. The van der Waals surface area contributed by atoms with Crippen LogP contribution in [0.5, 0.6) is 11.5 Å². The van der Waals surface area contributed by atoms with E-state index in [1.165, 1.54) is 0 Å². The van der Waals surface area contributed by atoms with Gasteiger partial charge in [0.15, 0.2) is 0 Å². The molecule has 0 radical (unpaired) electrons. The number of hydroxylamine groups is 2. The number of carbonyl (C=O) groups excluding carboxylic acids is 3. The van der Waals surface area contributed by atoms with E-state index in [0.29, 0.717) is 43.4 Å². The number of hydrogen-bond acceptors (Lipinski definition) is 7. The van der Waals surface area contributed by atoms with Crippen LogP contribution in [-0.2, 0) is 20.9 Å². The first-order chi connectivity index (χ1) is 19.0. The highest BCUT2D eigenvalue weighted by atomic mass is 16.5. The molecule has 10 heteroatoms. The zero-order chi connectivity index (χ0) is 29.3. The van der Waals surface area contributed by atoms with Crippen LogP contribution in [0.2, 0.25) is 0 Å². The van der Waals surface area contributed by atoms with Gasteiger partial charge in [-0.05, 0) is 36.7 Å². The summed E-state index contributed by atoms with van der Waals surface area (Å²) in [5.74, 6) is 0.963. The van der Waals surface area contributed by atoms with Gasteiger partial charge >= 0.3 is 0 Å². The number of nitrogens with zero attached hydrogens (tertiary/aromatic N) is 2. The number of methoxy groups -OCH3 is 2. The number of nitrogens with one attached hydrogen (secondary N) is 2. The Morgan fingerprint density at radius 1 is 1.12 bits per heavy atom. The van der Waals surface area contributed by atoms with E-state index in [1.807, 2.05) is 43.9 Å². The standard InChI is InChI=1S/C30H48N4O6/c1-30(2,3)27(32-28(36)23(19-34(38)20-35)16-21-8-6-7-9-21)29(37)33-14-12-24(13-15-33)31-18-22-10-11-25(39-4)17-26(22)40-5/h10-11,17,20-21,23-24,27,31,38H,6-9,12-16,18-19H2,1-5H3,(H,32,36)/t23?,27-/m1/s1. The van der Waals surface area contributed by atoms with Crippen LogP contribution in [0.25, 0.3) is 0 Å². The Hall–Kier alpha value is -2.85. The molecule has 1 aromatic carbocycles. The summed E-state index contributed by atoms with van der Waals surface area (Å²) in [4.78, 5) is 40.1. The summed E-state index contributed by atoms with van der Waals surface area (Å²) in [5, 5.41) is 17.0. The second-order valence-electron chi connectivity index (χ2n) is 12.3. The molecule has 1 aliphatic carbocycles. The zero-order valence-corrected chi connectivity index (χ0v) is 24.8. The summed E-state index contributed by atoms with van der Waals surface area (Å²) >= 11 is 0. The van der Waals surface area contributed by atoms with Crippen molar-refractivity contribution in [3.8, 4) is 11.5 Å². The lowest BCUT2D eigenvalue weighted by Crippen LogP contribution is -2.58. The predicted octanol–water partition coefficient (Wildman–Crippen LogP) is 3.36. The molecule has 2 atom stereocenters. The highest BCUT2D eigenvalue weighted by molar-refractivity contribution is 5.89. The number of hydrogen-bond donors (Lipinski definition) is 3. The van der Waals surface area contributed by atoms with Crippen molar-refractivity contribution in [3.63, 3.8) is 0 Å². The van der Waals surface area contributed by atoms with Gasteiger partial charge < -0.3 is 25.0 Å². The number of benzene rings is 1. The first-order valence-electron chi connectivity index (χ1n) is 14.5. The summed E-state index contributed by atoms with van der Waals surface area (Å²) in [7, 11) is 3.27. The molecule has 1 aromatic rings. The highest BCUT2D eigenvalue weighted by Crippen LogP contribution is 2.31. The van der Waals surface area contributed by atoms with Crippen LogP contribution in [0.3, 0.4) is 0 Å². The monoisotopic (exact) mass is 560 g/mol. The predicted molar refractivity (Wildman–Crippen MR) is 152 cm³/mol. The molecule has 3 N–H and O–H groups in total. The summed E-state index contributed by atoms with van der Waals surface area (Å²) in [5.41, 5.74) is 0.536. The lowest BCUT2D eigenvalue weighted by molar-refractivity contribution is -0.156. The van der Waals surface area contributed by atoms with Crippen LogP contribution in [0, 0.1) is 17.3 Å². The maximum absolute atomic E-state index is 13.7. The minimum atomic E-state index is -0.706. The third kappa shape index (κ3) is 8.83. The SMILES string of the molecule is COc1ccc(CNC2CCN(C(=O)[C@@H](NC(=O)C(CC3CCCC3)CN(O)C=O)C(C)(C)C)CC2)c(OC)c1. The Morgan fingerprint density at radius 3 is 2.38 bits per heavy atom. The number of carbonyl (C=O) groups is 3. The third-order valence-corrected chi connectivity index (χ3v) is 8.27. The van der Waals surface area contributed by atoms with Crippen molar-refractivity contribution >= 4 is 18.2 Å². The minimum Gasteiger partial charge on any atom is -0.497 e. The average Bonchev–Trinajstić information content (AvgIpc) is 3.46.